The van der Waals surface area contributed by atoms with Gasteiger partial charge in [0.05, 0.1) is 17.4 Å². The van der Waals surface area contributed by atoms with Gasteiger partial charge in [-0.1, -0.05) is 11.6 Å². The lowest BCUT2D eigenvalue weighted by Crippen LogP contribution is -2.07. The zero-order chi connectivity index (χ0) is 11.0. The average Bonchev–Trinajstić information content (AvgIpc) is 2.55. The summed E-state index contributed by atoms with van der Waals surface area (Å²) in [6.45, 7) is -0.292. The van der Waals surface area contributed by atoms with E-state index in [0.717, 1.165) is 0 Å². The lowest BCUT2D eigenvalue weighted by Gasteiger charge is -2.02. The molecule has 2 aromatic rings. The van der Waals surface area contributed by atoms with Crippen molar-refractivity contribution in [2.45, 2.75) is 6.54 Å². The Morgan fingerprint density at radius 1 is 1.60 bits per heavy atom. The molecule has 0 spiro atoms. The summed E-state index contributed by atoms with van der Waals surface area (Å²) in [6.07, 6.45) is 1.32. The van der Waals surface area contributed by atoms with Gasteiger partial charge in [-0.15, -0.1) is 0 Å². The van der Waals surface area contributed by atoms with Gasteiger partial charge in [-0.3, -0.25) is 4.79 Å². The number of aromatic nitrogens is 2. The quantitative estimate of drug-likeness (QED) is 0.854. The van der Waals surface area contributed by atoms with E-state index >= 15 is 0 Å². The van der Waals surface area contributed by atoms with Gasteiger partial charge in [0.25, 0.3) is 0 Å². The Hall–Kier alpha value is -1.62. The van der Waals surface area contributed by atoms with Crippen molar-refractivity contribution >= 4 is 28.6 Å². The zero-order valence-corrected chi connectivity index (χ0v) is 8.20. The van der Waals surface area contributed by atoms with E-state index in [-0.39, 0.29) is 11.6 Å². The highest BCUT2D eigenvalue weighted by molar-refractivity contribution is 6.35. The second kappa shape index (κ2) is 3.51. The molecule has 0 saturated carbocycles. The molecule has 78 valence electrons. The van der Waals surface area contributed by atoms with E-state index in [9.17, 15) is 9.18 Å². The highest BCUT2D eigenvalue weighted by atomic mass is 35.5. The molecule has 0 saturated heterocycles. The zero-order valence-electron chi connectivity index (χ0n) is 7.44. The lowest BCUT2D eigenvalue weighted by atomic mass is 10.3. The number of hydrogen-bond acceptors (Lipinski definition) is 2. The molecule has 4 nitrogen and oxygen atoms in total. The predicted octanol–water partition coefficient (Wildman–Crippen LogP) is 1.91. The van der Waals surface area contributed by atoms with Crippen LogP contribution in [0.2, 0.25) is 5.02 Å². The summed E-state index contributed by atoms with van der Waals surface area (Å²) in [5, 5.41) is 8.51. The summed E-state index contributed by atoms with van der Waals surface area (Å²) < 4.78 is 14.4. The fraction of sp³-hybridized carbons (Fsp3) is 0.111. The number of halogens is 2. The van der Waals surface area contributed by atoms with E-state index in [1.807, 2.05) is 0 Å². The number of imidazole rings is 1. The van der Waals surface area contributed by atoms with Gasteiger partial charge < -0.3 is 9.67 Å². The maximum Gasteiger partial charge on any atom is 0.323 e. The molecular formula is C9H6ClFN2O2. The fourth-order valence-electron chi connectivity index (χ4n) is 1.36. The molecule has 0 bridgehead atoms. The summed E-state index contributed by atoms with van der Waals surface area (Å²) in [6, 6.07) is 2.65. The monoisotopic (exact) mass is 228 g/mol. The molecule has 1 aromatic heterocycles. The van der Waals surface area contributed by atoms with E-state index in [2.05, 4.69) is 4.98 Å². The van der Waals surface area contributed by atoms with E-state index in [4.69, 9.17) is 16.7 Å². The lowest BCUT2D eigenvalue weighted by molar-refractivity contribution is -0.137. The van der Waals surface area contributed by atoms with Crippen LogP contribution in [0, 0.1) is 5.82 Å². The SMILES string of the molecule is O=C(O)Cn1cnc2ccc(F)c(Cl)c21. The van der Waals surface area contributed by atoms with Crippen LogP contribution in [0.5, 0.6) is 0 Å². The largest absolute Gasteiger partial charge is 0.480 e. The smallest absolute Gasteiger partial charge is 0.323 e. The Morgan fingerprint density at radius 3 is 3.00 bits per heavy atom. The topological polar surface area (TPSA) is 55.1 Å². The van der Waals surface area contributed by atoms with Gasteiger partial charge in [-0.25, -0.2) is 9.37 Å². The number of hydrogen-bond donors (Lipinski definition) is 1. The van der Waals surface area contributed by atoms with Crippen molar-refractivity contribution in [3.05, 3.63) is 29.3 Å². The third kappa shape index (κ3) is 1.66. The molecule has 1 heterocycles. The summed E-state index contributed by atoms with van der Waals surface area (Å²) in [7, 11) is 0. The van der Waals surface area contributed by atoms with E-state index in [0.29, 0.717) is 11.0 Å². The van der Waals surface area contributed by atoms with E-state index in [1.54, 1.807) is 0 Å². The van der Waals surface area contributed by atoms with Crippen molar-refractivity contribution in [3.8, 4) is 0 Å². The van der Waals surface area contributed by atoms with E-state index < -0.39 is 11.8 Å². The number of benzene rings is 1. The maximum atomic E-state index is 13.1. The number of carbonyl (C=O) groups is 1. The van der Waals surface area contributed by atoms with Crippen molar-refractivity contribution in [1.29, 1.82) is 0 Å². The highest BCUT2D eigenvalue weighted by Crippen LogP contribution is 2.25. The molecule has 0 amide bonds. The first-order chi connectivity index (χ1) is 7.09. The third-order valence-corrected chi connectivity index (χ3v) is 2.34. The van der Waals surface area contributed by atoms with Gasteiger partial charge in [0, 0.05) is 0 Å². The van der Waals surface area contributed by atoms with Crippen LogP contribution in [0.1, 0.15) is 0 Å². The van der Waals surface area contributed by atoms with Gasteiger partial charge in [-0.2, -0.15) is 0 Å². The van der Waals surface area contributed by atoms with Gasteiger partial charge in [0.15, 0.2) is 0 Å². The Kier molecular flexibility index (Phi) is 2.32. The molecule has 1 N–H and O–H groups in total. The Balaban J connectivity index is 2.66. The molecule has 0 aliphatic carbocycles. The van der Waals surface area contributed by atoms with Crippen molar-refractivity contribution < 1.29 is 14.3 Å². The summed E-state index contributed by atoms with van der Waals surface area (Å²) >= 11 is 5.73. The van der Waals surface area contributed by atoms with Gasteiger partial charge in [0.1, 0.15) is 17.4 Å². The van der Waals surface area contributed by atoms with Crippen LogP contribution in [0.25, 0.3) is 11.0 Å². The van der Waals surface area contributed by atoms with Crippen LogP contribution in [0.4, 0.5) is 4.39 Å². The number of fused-ring (bicyclic) bond motifs is 1. The van der Waals surface area contributed by atoms with Crippen LogP contribution < -0.4 is 0 Å². The summed E-state index contributed by atoms with van der Waals surface area (Å²) in [4.78, 5) is 14.4. The standard InChI is InChI=1S/C9H6ClFN2O2/c10-8-5(11)1-2-6-9(8)13(4-12-6)3-7(14)15/h1-2,4H,3H2,(H,14,15). The molecule has 1 aromatic carbocycles. The molecule has 0 aliphatic heterocycles. The van der Waals surface area contributed by atoms with Crippen LogP contribution in [-0.4, -0.2) is 20.6 Å². The first-order valence-corrected chi connectivity index (χ1v) is 4.48. The third-order valence-electron chi connectivity index (χ3n) is 1.98. The summed E-state index contributed by atoms with van der Waals surface area (Å²) in [5.74, 6) is -1.62. The normalized spacial score (nSPS) is 10.8. The second-order valence-corrected chi connectivity index (χ2v) is 3.37. The van der Waals surface area contributed by atoms with Crippen molar-refractivity contribution in [2.24, 2.45) is 0 Å². The Labute approximate surface area is 88.9 Å². The highest BCUT2D eigenvalue weighted by Gasteiger charge is 2.12. The van der Waals surface area contributed by atoms with Gasteiger partial charge in [0.2, 0.25) is 0 Å². The van der Waals surface area contributed by atoms with Gasteiger partial charge in [-0.05, 0) is 12.1 Å². The van der Waals surface area contributed by atoms with Gasteiger partial charge >= 0.3 is 5.97 Å². The molecule has 2 rings (SSSR count). The number of carboxylic acid groups (broad SMARTS) is 1. The first-order valence-electron chi connectivity index (χ1n) is 4.10. The Bertz CT molecular complexity index is 538. The molecule has 0 unspecified atom stereocenters. The van der Waals surface area contributed by atoms with Crippen LogP contribution in [0.15, 0.2) is 18.5 Å². The van der Waals surface area contributed by atoms with Crippen LogP contribution in [-0.2, 0) is 11.3 Å². The minimum Gasteiger partial charge on any atom is -0.480 e. The number of carboxylic acids is 1. The van der Waals surface area contributed by atoms with Crippen LogP contribution in [0.3, 0.4) is 0 Å². The molecule has 0 radical (unpaired) electrons. The number of rotatable bonds is 2. The summed E-state index contributed by atoms with van der Waals surface area (Å²) in [5.41, 5.74) is 0.779. The van der Waals surface area contributed by atoms with Crippen molar-refractivity contribution in [1.82, 2.24) is 9.55 Å². The maximum absolute atomic E-state index is 13.1. The molecule has 15 heavy (non-hydrogen) atoms. The number of nitrogens with zero attached hydrogens (tertiary/aromatic N) is 2. The van der Waals surface area contributed by atoms with Crippen molar-refractivity contribution in [2.75, 3.05) is 0 Å². The first kappa shape index (κ1) is 9.92. The molecule has 0 fully saturated rings. The average molecular weight is 229 g/mol. The number of aliphatic carboxylic acids is 1. The van der Waals surface area contributed by atoms with Crippen molar-refractivity contribution in [3.63, 3.8) is 0 Å². The minimum atomic E-state index is -1.03. The predicted molar refractivity (Wildman–Crippen MR) is 52.3 cm³/mol. The molecular weight excluding hydrogens is 223 g/mol. The fourth-order valence-corrected chi connectivity index (χ4v) is 1.63. The minimum absolute atomic E-state index is 0.105. The molecule has 0 aliphatic rings. The van der Waals surface area contributed by atoms with E-state index in [1.165, 1.54) is 23.0 Å². The molecule has 0 atom stereocenters. The second-order valence-electron chi connectivity index (χ2n) is 3.00. The Morgan fingerprint density at radius 2 is 2.33 bits per heavy atom. The molecule has 6 heteroatoms. The van der Waals surface area contributed by atoms with Crippen LogP contribution >= 0.6 is 11.6 Å².